The van der Waals surface area contributed by atoms with Crippen LogP contribution in [0.5, 0.6) is 5.75 Å². The molecule has 0 aliphatic heterocycles. The normalized spacial score (nSPS) is 12.2. The molecule has 2 aromatic rings. The lowest BCUT2D eigenvalue weighted by molar-refractivity contribution is 0.305. The van der Waals surface area contributed by atoms with Crippen LogP contribution in [0.2, 0.25) is 5.02 Å². The van der Waals surface area contributed by atoms with Crippen LogP contribution in [0.4, 0.5) is 0 Å². The second-order valence-electron chi connectivity index (χ2n) is 4.74. The molecule has 1 atom stereocenters. The van der Waals surface area contributed by atoms with Crippen molar-refractivity contribution < 1.29 is 4.74 Å². The van der Waals surface area contributed by atoms with Crippen LogP contribution in [0.15, 0.2) is 48.5 Å². The molecule has 106 valence electrons. The van der Waals surface area contributed by atoms with Crippen LogP contribution in [0.3, 0.4) is 0 Å². The third kappa shape index (κ3) is 3.99. The number of benzene rings is 2. The van der Waals surface area contributed by atoms with Crippen LogP contribution in [0.25, 0.3) is 0 Å². The number of hydrogen-bond acceptors (Lipinski definition) is 2. The monoisotopic (exact) mass is 289 g/mol. The molecule has 2 aromatic carbocycles. The molecule has 0 amide bonds. The maximum Gasteiger partial charge on any atom is 0.120 e. The summed E-state index contributed by atoms with van der Waals surface area (Å²) >= 11 is 5.97. The first-order valence-corrected chi connectivity index (χ1v) is 7.25. The fraction of sp³-hybridized carbons (Fsp3) is 0.294. The SMILES string of the molecule is CCC(NC)c1cccc(OCc2cccc(Cl)c2)c1. The lowest BCUT2D eigenvalue weighted by Crippen LogP contribution is -2.15. The summed E-state index contributed by atoms with van der Waals surface area (Å²) in [6, 6.07) is 16.3. The van der Waals surface area contributed by atoms with Crippen LogP contribution >= 0.6 is 11.6 Å². The summed E-state index contributed by atoms with van der Waals surface area (Å²) in [7, 11) is 1.98. The van der Waals surface area contributed by atoms with E-state index in [0.29, 0.717) is 12.6 Å². The van der Waals surface area contributed by atoms with Gasteiger partial charge in [-0.25, -0.2) is 0 Å². The number of rotatable bonds is 6. The number of ether oxygens (including phenoxy) is 1. The Labute approximate surface area is 125 Å². The van der Waals surface area contributed by atoms with E-state index in [1.54, 1.807) is 0 Å². The van der Waals surface area contributed by atoms with Gasteiger partial charge in [0.05, 0.1) is 0 Å². The molecule has 0 aliphatic carbocycles. The topological polar surface area (TPSA) is 21.3 Å². The lowest BCUT2D eigenvalue weighted by Gasteiger charge is -2.15. The molecular weight excluding hydrogens is 270 g/mol. The second-order valence-corrected chi connectivity index (χ2v) is 5.18. The highest BCUT2D eigenvalue weighted by molar-refractivity contribution is 6.30. The average molecular weight is 290 g/mol. The molecule has 2 rings (SSSR count). The number of halogens is 1. The third-order valence-corrected chi connectivity index (χ3v) is 3.55. The van der Waals surface area contributed by atoms with Crippen molar-refractivity contribution >= 4 is 11.6 Å². The van der Waals surface area contributed by atoms with E-state index in [1.807, 2.05) is 43.4 Å². The first kappa shape index (κ1) is 14.9. The first-order valence-electron chi connectivity index (χ1n) is 6.87. The van der Waals surface area contributed by atoms with Crippen LogP contribution in [0.1, 0.15) is 30.5 Å². The Morgan fingerprint density at radius 2 is 1.95 bits per heavy atom. The smallest absolute Gasteiger partial charge is 0.120 e. The van der Waals surface area contributed by atoms with Crippen LogP contribution in [-0.2, 0) is 6.61 Å². The molecule has 0 aromatic heterocycles. The van der Waals surface area contributed by atoms with Crippen molar-refractivity contribution in [2.75, 3.05) is 7.05 Å². The summed E-state index contributed by atoms with van der Waals surface area (Å²) < 4.78 is 5.84. The van der Waals surface area contributed by atoms with Gasteiger partial charge in [-0.2, -0.15) is 0 Å². The zero-order valence-electron chi connectivity index (χ0n) is 11.9. The van der Waals surface area contributed by atoms with E-state index < -0.39 is 0 Å². The lowest BCUT2D eigenvalue weighted by atomic mass is 10.0. The van der Waals surface area contributed by atoms with Crippen LogP contribution in [0, 0.1) is 0 Å². The first-order chi connectivity index (χ1) is 9.72. The Balaban J connectivity index is 2.04. The van der Waals surface area contributed by atoms with Gasteiger partial charge in [-0.3, -0.25) is 0 Å². The standard InChI is InChI=1S/C17H20ClNO/c1-3-17(19-2)14-7-5-9-16(11-14)20-12-13-6-4-8-15(18)10-13/h4-11,17,19H,3,12H2,1-2H3. The van der Waals surface area contributed by atoms with E-state index in [-0.39, 0.29) is 0 Å². The van der Waals surface area contributed by atoms with E-state index in [9.17, 15) is 0 Å². The highest BCUT2D eigenvalue weighted by Gasteiger charge is 2.07. The van der Waals surface area contributed by atoms with Gasteiger partial charge in [0.15, 0.2) is 0 Å². The minimum absolute atomic E-state index is 0.365. The van der Waals surface area contributed by atoms with Gasteiger partial charge in [0.25, 0.3) is 0 Å². The Bertz CT molecular complexity index is 552. The maximum atomic E-state index is 5.97. The zero-order chi connectivity index (χ0) is 14.4. The Kier molecular flexibility index (Phi) is 5.45. The molecule has 20 heavy (non-hydrogen) atoms. The predicted octanol–water partition coefficient (Wildman–Crippen LogP) is 4.59. The Hall–Kier alpha value is -1.51. The maximum absolute atomic E-state index is 5.97. The highest BCUT2D eigenvalue weighted by atomic mass is 35.5. The molecule has 2 nitrogen and oxygen atoms in total. The van der Waals surface area contributed by atoms with Gasteiger partial charge < -0.3 is 10.1 Å². The highest BCUT2D eigenvalue weighted by Crippen LogP contribution is 2.22. The summed E-state index contributed by atoms with van der Waals surface area (Å²) in [5.41, 5.74) is 2.32. The molecule has 3 heteroatoms. The molecule has 1 unspecified atom stereocenters. The fourth-order valence-corrected chi connectivity index (χ4v) is 2.43. The molecule has 0 spiro atoms. The van der Waals surface area contributed by atoms with Crippen molar-refractivity contribution in [2.24, 2.45) is 0 Å². The summed E-state index contributed by atoms with van der Waals surface area (Å²) in [6.45, 7) is 2.70. The molecule has 0 radical (unpaired) electrons. The van der Waals surface area contributed by atoms with Crippen molar-refractivity contribution in [3.8, 4) is 5.75 Å². The molecule has 0 saturated heterocycles. The summed E-state index contributed by atoms with van der Waals surface area (Å²) in [5, 5.41) is 4.04. The number of nitrogens with one attached hydrogen (secondary N) is 1. The van der Waals surface area contributed by atoms with Crippen LogP contribution < -0.4 is 10.1 Å². The molecular formula is C17H20ClNO. The van der Waals surface area contributed by atoms with Gasteiger partial charge in [-0.1, -0.05) is 42.8 Å². The van der Waals surface area contributed by atoms with Gasteiger partial charge in [0.2, 0.25) is 0 Å². The van der Waals surface area contributed by atoms with Crippen molar-refractivity contribution in [1.29, 1.82) is 0 Å². The van der Waals surface area contributed by atoms with Crippen LogP contribution in [-0.4, -0.2) is 7.05 Å². The molecule has 1 N–H and O–H groups in total. The largest absolute Gasteiger partial charge is 0.489 e. The summed E-state index contributed by atoms with van der Waals surface area (Å²) in [5.74, 6) is 0.885. The van der Waals surface area contributed by atoms with Crippen molar-refractivity contribution in [3.63, 3.8) is 0 Å². The van der Waals surface area contributed by atoms with Crippen molar-refractivity contribution in [1.82, 2.24) is 5.32 Å². The minimum Gasteiger partial charge on any atom is -0.489 e. The van der Waals surface area contributed by atoms with Crippen molar-refractivity contribution in [3.05, 3.63) is 64.7 Å². The molecule has 0 fully saturated rings. The van der Waals surface area contributed by atoms with Gasteiger partial charge in [-0.15, -0.1) is 0 Å². The van der Waals surface area contributed by atoms with Gasteiger partial charge >= 0.3 is 0 Å². The minimum atomic E-state index is 0.365. The Morgan fingerprint density at radius 3 is 2.65 bits per heavy atom. The van der Waals surface area contributed by atoms with Gasteiger partial charge in [0, 0.05) is 11.1 Å². The quantitative estimate of drug-likeness (QED) is 0.840. The van der Waals surface area contributed by atoms with E-state index in [0.717, 1.165) is 22.8 Å². The summed E-state index contributed by atoms with van der Waals surface area (Å²) in [4.78, 5) is 0. The van der Waals surface area contributed by atoms with E-state index in [2.05, 4.69) is 24.4 Å². The second kappa shape index (κ2) is 7.32. The fourth-order valence-electron chi connectivity index (χ4n) is 2.22. The average Bonchev–Trinajstić information content (AvgIpc) is 2.47. The summed E-state index contributed by atoms with van der Waals surface area (Å²) in [6.07, 6.45) is 1.05. The molecule has 0 aliphatic rings. The third-order valence-electron chi connectivity index (χ3n) is 3.31. The van der Waals surface area contributed by atoms with E-state index >= 15 is 0 Å². The van der Waals surface area contributed by atoms with E-state index in [4.69, 9.17) is 16.3 Å². The number of hydrogen-bond donors (Lipinski definition) is 1. The predicted molar refractivity (Wildman–Crippen MR) is 84.3 cm³/mol. The Morgan fingerprint density at radius 1 is 1.15 bits per heavy atom. The van der Waals surface area contributed by atoms with E-state index in [1.165, 1.54) is 5.56 Å². The zero-order valence-corrected chi connectivity index (χ0v) is 12.7. The van der Waals surface area contributed by atoms with Crippen molar-refractivity contribution in [2.45, 2.75) is 26.0 Å². The molecule has 0 saturated carbocycles. The molecule has 0 bridgehead atoms. The van der Waals surface area contributed by atoms with Gasteiger partial charge in [-0.05, 0) is 48.9 Å². The molecule has 0 heterocycles. The van der Waals surface area contributed by atoms with Gasteiger partial charge in [0.1, 0.15) is 12.4 Å².